The minimum Gasteiger partial charge on any atom is -0.302 e. The zero-order valence-corrected chi connectivity index (χ0v) is 16.2. The molecule has 2 rings (SSSR count). The Morgan fingerprint density at radius 2 is 2.10 bits per heavy atom. The fourth-order valence-electron chi connectivity index (χ4n) is 1.96. The van der Waals surface area contributed by atoms with Crippen molar-refractivity contribution in [3.63, 3.8) is 0 Å². The number of nitrogens with zero attached hydrogens (tertiary/aromatic N) is 1. The summed E-state index contributed by atoms with van der Waals surface area (Å²) in [4.78, 5) is 14.3. The average molecular weight is 452 g/mol. The number of carbonyl (C=O) groups excluding carboxylic acids is 1. The van der Waals surface area contributed by atoms with E-state index in [0.29, 0.717) is 23.6 Å². The van der Waals surface area contributed by atoms with E-state index in [4.69, 9.17) is 11.6 Å². The molecule has 2 aromatic rings. The molecule has 0 fully saturated rings. The minimum absolute atomic E-state index is 0.0749. The highest BCUT2D eigenvalue weighted by molar-refractivity contribution is 9.11. The van der Waals surface area contributed by atoms with Crippen LogP contribution in [0.25, 0.3) is 0 Å². The summed E-state index contributed by atoms with van der Waals surface area (Å²) in [6, 6.07) is 7.46. The van der Waals surface area contributed by atoms with E-state index in [9.17, 15) is 4.79 Å². The van der Waals surface area contributed by atoms with Gasteiger partial charge in [0.25, 0.3) is 0 Å². The highest BCUT2D eigenvalue weighted by Gasteiger charge is 2.12. The van der Waals surface area contributed by atoms with Crippen LogP contribution >= 0.6 is 54.8 Å². The summed E-state index contributed by atoms with van der Waals surface area (Å²) in [6.45, 7) is 1.54. The topological polar surface area (TPSA) is 20.3 Å². The van der Waals surface area contributed by atoms with Gasteiger partial charge < -0.3 is 4.90 Å². The molecule has 2 nitrogen and oxygen atoms in total. The summed E-state index contributed by atoms with van der Waals surface area (Å²) in [5.41, 5.74) is 1.84. The molecule has 0 aliphatic rings. The maximum absolute atomic E-state index is 12.2. The Balaban J connectivity index is 1.88. The molecule has 0 saturated heterocycles. The van der Waals surface area contributed by atoms with Crippen LogP contribution in [0.1, 0.15) is 22.3 Å². The Hall–Kier alpha value is -0.200. The second-order valence-electron chi connectivity index (χ2n) is 4.79. The van der Waals surface area contributed by atoms with Gasteiger partial charge in [-0.1, -0.05) is 27.5 Å². The van der Waals surface area contributed by atoms with Crippen LogP contribution in [0.5, 0.6) is 0 Å². The van der Waals surface area contributed by atoms with E-state index in [0.717, 1.165) is 14.8 Å². The standard InChI is InChI=1S/C15H14Br2ClNOS/c1-19(8-10-6-15(17)21-9-10)5-4-14(20)12-3-2-11(16)7-13(12)18/h2-3,6-7,9H,4-5,8H2,1H3. The molecule has 0 saturated carbocycles. The molecule has 0 radical (unpaired) electrons. The first-order chi connectivity index (χ1) is 9.95. The molecule has 0 aliphatic heterocycles. The summed E-state index contributed by atoms with van der Waals surface area (Å²) < 4.78 is 2.01. The molecular weight excluding hydrogens is 437 g/mol. The van der Waals surface area contributed by atoms with Gasteiger partial charge in [-0.25, -0.2) is 0 Å². The van der Waals surface area contributed by atoms with Gasteiger partial charge in [0.05, 0.1) is 8.81 Å². The maximum Gasteiger partial charge on any atom is 0.165 e. The van der Waals surface area contributed by atoms with Crippen LogP contribution in [0.3, 0.4) is 0 Å². The Bertz CT molecular complexity index is 644. The third-order valence-corrected chi connectivity index (χ3v) is 5.39. The van der Waals surface area contributed by atoms with E-state index in [1.807, 2.05) is 13.1 Å². The molecule has 0 aliphatic carbocycles. The van der Waals surface area contributed by atoms with E-state index in [2.05, 4.69) is 48.2 Å². The van der Waals surface area contributed by atoms with E-state index in [-0.39, 0.29) is 5.78 Å². The second kappa shape index (κ2) is 7.88. The van der Waals surface area contributed by atoms with Crippen LogP contribution in [0, 0.1) is 0 Å². The average Bonchev–Trinajstić information content (AvgIpc) is 2.81. The largest absolute Gasteiger partial charge is 0.302 e. The van der Waals surface area contributed by atoms with Gasteiger partial charge in [-0.05, 0) is 58.2 Å². The monoisotopic (exact) mass is 449 g/mol. The van der Waals surface area contributed by atoms with E-state index in [1.165, 1.54) is 5.56 Å². The van der Waals surface area contributed by atoms with Crippen molar-refractivity contribution in [3.05, 3.63) is 54.1 Å². The Labute approximate surface area is 150 Å². The van der Waals surface area contributed by atoms with Gasteiger partial charge in [-0.15, -0.1) is 11.3 Å². The van der Waals surface area contributed by atoms with Crippen LogP contribution in [0.4, 0.5) is 0 Å². The molecule has 1 heterocycles. The molecule has 0 atom stereocenters. The third kappa shape index (κ3) is 5.18. The summed E-state index contributed by atoms with van der Waals surface area (Å²) in [5, 5.41) is 2.62. The molecule has 6 heteroatoms. The van der Waals surface area contributed by atoms with Crippen molar-refractivity contribution < 1.29 is 4.79 Å². The molecule has 21 heavy (non-hydrogen) atoms. The number of hydrogen-bond donors (Lipinski definition) is 0. The normalized spacial score (nSPS) is 11.1. The molecule has 0 N–H and O–H groups in total. The fourth-order valence-corrected chi connectivity index (χ4v) is 3.94. The van der Waals surface area contributed by atoms with Crippen molar-refractivity contribution in [1.29, 1.82) is 0 Å². The molecule has 1 aromatic heterocycles. The van der Waals surface area contributed by atoms with Gasteiger partial charge >= 0.3 is 0 Å². The number of benzene rings is 1. The van der Waals surface area contributed by atoms with Crippen molar-refractivity contribution in [1.82, 2.24) is 4.90 Å². The lowest BCUT2D eigenvalue weighted by molar-refractivity contribution is 0.0968. The smallest absolute Gasteiger partial charge is 0.165 e. The van der Waals surface area contributed by atoms with Crippen LogP contribution in [0.2, 0.25) is 5.02 Å². The SMILES string of the molecule is CN(CCC(=O)c1ccc(Br)cc1Cl)Cc1csc(Br)c1. The number of rotatable bonds is 6. The highest BCUT2D eigenvalue weighted by Crippen LogP contribution is 2.23. The highest BCUT2D eigenvalue weighted by atomic mass is 79.9. The fraction of sp³-hybridized carbons (Fsp3) is 0.267. The predicted molar refractivity (Wildman–Crippen MR) is 96.5 cm³/mol. The lowest BCUT2D eigenvalue weighted by Gasteiger charge is -2.15. The first kappa shape index (κ1) is 17.2. The lowest BCUT2D eigenvalue weighted by Crippen LogP contribution is -2.21. The minimum atomic E-state index is 0.0749. The molecule has 0 amide bonds. The zero-order valence-electron chi connectivity index (χ0n) is 11.4. The quantitative estimate of drug-likeness (QED) is 0.531. The Morgan fingerprint density at radius 3 is 2.71 bits per heavy atom. The van der Waals surface area contributed by atoms with Gasteiger partial charge in [-0.3, -0.25) is 4.79 Å². The Kier molecular flexibility index (Phi) is 6.44. The first-order valence-electron chi connectivity index (χ1n) is 6.35. The number of carbonyl (C=O) groups is 1. The number of Topliss-reactive ketones (excluding diaryl/α,β-unsaturated/α-hetero) is 1. The molecule has 0 spiro atoms. The van der Waals surface area contributed by atoms with E-state index >= 15 is 0 Å². The van der Waals surface area contributed by atoms with Crippen LogP contribution < -0.4 is 0 Å². The van der Waals surface area contributed by atoms with Crippen molar-refractivity contribution >= 4 is 60.6 Å². The van der Waals surface area contributed by atoms with Gasteiger partial charge in [0.1, 0.15) is 0 Å². The molecule has 0 bridgehead atoms. The number of hydrogen-bond acceptors (Lipinski definition) is 3. The Morgan fingerprint density at radius 1 is 1.33 bits per heavy atom. The van der Waals surface area contributed by atoms with E-state index in [1.54, 1.807) is 23.5 Å². The molecular formula is C15H14Br2ClNOS. The first-order valence-corrected chi connectivity index (χ1v) is 9.20. The van der Waals surface area contributed by atoms with Crippen molar-refractivity contribution in [2.75, 3.05) is 13.6 Å². The van der Waals surface area contributed by atoms with Crippen LogP contribution in [0.15, 0.2) is 37.9 Å². The lowest BCUT2D eigenvalue weighted by atomic mass is 10.1. The summed E-state index contributed by atoms with van der Waals surface area (Å²) in [5.74, 6) is 0.0749. The van der Waals surface area contributed by atoms with Crippen LogP contribution in [-0.2, 0) is 6.54 Å². The van der Waals surface area contributed by atoms with E-state index < -0.39 is 0 Å². The third-order valence-electron chi connectivity index (χ3n) is 3.03. The van der Waals surface area contributed by atoms with Gasteiger partial charge in [-0.2, -0.15) is 0 Å². The summed E-state index contributed by atoms with van der Waals surface area (Å²) in [6.07, 6.45) is 0.461. The maximum atomic E-state index is 12.2. The van der Waals surface area contributed by atoms with Crippen molar-refractivity contribution in [3.8, 4) is 0 Å². The predicted octanol–water partition coefficient (Wildman–Crippen LogP) is 5.63. The molecule has 1 aromatic carbocycles. The van der Waals surface area contributed by atoms with Crippen LogP contribution in [-0.4, -0.2) is 24.3 Å². The second-order valence-corrected chi connectivity index (χ2v) is 8.41. The van der Waals surface area contributed by atoms with Gasteiger partial charge in [0.2, 0.25) is 0 Å². The number of ketones is 1. The number of halogens is 3. The van der Waals surface area contributed by atoms with Crippen molar-refractivity contribution in [2.45, 2.75) is 13.0 Å². The summed E-state index contributed by atoms with van der Waals surface area (Å²) >= 11 is 14.6. The summed E-state index contributed by atoms with van der Waals surface area (Å²) in [7, 11) is 2.02. The van der Waals surface area contributed by atoms with Gasteiger partial charge in [0, 0.05) is 29.5 Å². The zero-order chi connectivity index (χ0) is 15.4. The van der Waals surface area contributed by atoms with Crippen molar-refractivity contribution in [2.24, 2.45) is 0 Å². The number of thiophene rings is 1. The van der Waals surface area contributed by atoms with Gasteiger partial charge in [0.15, 0.2) is 5.78 Å². The molecule has 112 valence electrons. The molecule has 0 unspecified atom stereocenters.